The lowest BCUT2D eigenvalue weighted by atomic mass is 10.1. The summed E-state index contributed by atoms with van der Waals surface area (Å²) in [5, 5.41) is 3.42. The summed E-state index contributed by atoms with van der Waals surface area (Å²) in [7, 11) is 4.29. The van der Waals surface area contributed by atoms with Crippen LogP contribution in [-0.2, 0) is 11.3 Å². The molecule has 140 valence electrons. The molecule has 0 aromatic heterocycles. The number of guanidine groups is 1. The van der Waals surface area contributed by atoms with Gasteiger partial charge in [0.2, 0.25) is 0 Å². The molecule has 0 aliphatic carbocycles. The molecule has 1 aliphatic rings. The smallest absolute Gasteiger partial charge is 0.193 e. The Hall–Kier alpha value is -1.59. The lowest BCUT2D eigenvalue weighted by Crippen LogP contribution is -2.42. The van der Waals surface area contributed by atoms with E-state index in [1.807, 2.05) is 0 Å². The van der Waals surface area contributed by atoms with Gasteiger partial charge in [-0.05, 0) is 32.9 Å². The molecule has 0 bridgehead atoms. The fraction of sp³-hybridized carbons (Fsp3) is 0.650. The highest BCUT2D eigenvalue weighted by atomic mass is 16.5. The number of nitrogens with one attached hydrogen (secondary N) is 1. The van der Waals surface area contributed by atoms with Crippen LogP contribution >= 0.6 is 0 Å². The highest BCUT2D eigenvalue weighted by Crippen LogP contribution is 2.13. The topological polar surface area (TPSA) is 40.1 Å². The number of likely N-dealkylation sites (N-methyl/N-ethyl adjacent to an activating group) is 1. The summed E-state index contributed by atoms with van der Waals surface area (Å²) < 4.78 is 5.49. The molecule has 0 amide bonds. The molecule has 1 fully saturated rings. The lowest BCUT2D eigenvalue weighted by Gasteiger charge is -2.27. The van der Waals surface area contributed by atoms with Crippen molar-refractivity contribution in [3.05, 3.63) is 35.9 Å². The molecule has 1 N–H and O–H groups in total. The predicted molar refractivity (Wildman–Crippen MR) is 105 cm³/mol. The van der Waals surface area contributed by atoms with Gasteiger partial charge in [-0.2, -0.15) is 0 Å². The van der Waals surface area contributed by atoms with Crippen molar-refractivity contribution >= 4 is 5.96 Å². The van der Waals surface area contributed by atoms with Gasteiger partial charge < -0.3 is 15.0 Å². The molecule has 5 heteroatoms. The van der Waals surface area contributed by atoms with Crippen LogP contribution in [0, 0.1) is 5.92 Å². The third-order valence-corrected chi connectivity index (χ3v) is 4.79. The highest BCUT2D eigenvalue weighted by Gasteiger charge is 2.19. The van der Waals surface area contributed by atoms with E-state index in [9.17, 15) is 0 Å². The van der Waals surface area contributed by atoms with E-state index in [2.05, 4.69) is 73.4 Å². The third kappa shape index (κ3) is 6.67. The van der Waals surface area contributed by atoms with Crippen LogP contribution in [0.5, 0.6) is 0 Å². The van der Waals surface area contributed by atoms with Crippen LogP contribution < -0.4 is 5.32 Å². The number of hydrogen-bond donors (Lipinski definition) is 1. The van der Waals surface area contributed by atoms with E-state index in [0.29, 0.717) is 12.0 Å². The van der Waals surface area contributed by atoms with Crippen molar-refractivity contribution in [2.75, 3.05) is 46.9 Å². The quantitative estimate of drug-likeness (QED) is 0.580. The largest absolute Gasteiger partial charge is 0.381 e. The second-order valence-electron chi connectivity index (χ2n) is 7.05. The predicted octanol–water partition coefficient (Wildman–Crippen LogP) is 2.44. The molecule has 0 spiro atoms. The summed E-state index contributed by atoms with van der Waals surface area (Å²) in [6, 6.07) is 11.0. The fourth-order valence-electron chi connectivity index (χ4n) is 3.06. The number of hydrogen-bond acceptors (Lipinski definition) is 3. The van der Waals surface area contributed by atoms with Crippen LogP contribution in [0.1, 0.15) is 25.8 Å². The van der Waals surface area contributed by atoms with Crippen LogP contribution in [0.2, 0.25) is 0 Å². The van der Waals surface area contributed by atoms with Gasteiger partial charge in [0.25, 0.3) is 0 Å². The van der Waals surface area contributed by atoms with Crippen molar-refractivity contribution in [1.82, 2.24) is 15.1 Å². The maximum absolute atomic E-state index is 5.49. The minimum absolute atomic E-state index is 0.386. The summed E-state index contributed by atoms with van der Waals surface area (Å²) in [6.45, 7) is 9.75. The molecule has 1 heterocycles. The molecule has 1 aromatic carbocycles. The van der Waals surface area contributed by atoms with E-state index in [-0.39, 0.29) is 0 Å². The average Bonchev–Trinajstić information content (AvgIpc) is 3.12. The van der Waals surface area contributed by atoms with Gasteiger partial charge in [0, 0.05) is 45.2 Å². The fourth-order valence-corrected chi connectivity index (χ4v) is 3.06. The van der Waals surface area contributed by atoms with Gasteiger partial charge in [0.15, 0.2) is 5.96 Å². The van der Waals surface area contributed by atoms with Crippen LogP contribution in [0.25, 0.3) is 0 Å². The zero-order chi connectivity index (χ0) is 18.1. The zero-order valence-electron chi connectivity index (χ0n) is 16.2. The normalized spacial score (nSPS) is 19.2. The maximum Gasteiger partial charge on any atom is 0.193 e. The van der Waals surface area contributed by atoms with Crippen molar-refractivity contribution in [3.63, 3.8) is 0 Å². The molecule has 0 radical (unpaired) electrons. The molecule has 1 aromatic rings. The van der Waals surface area contributed by atoms with Gasteiger partial charge in [-0.3, -0.25) is 9.89 Å². The van der Waals surface area contributed by atoms with E-state index in [0.717, 1.165) is 51.8 Å². The molecule has 2 rings (SSSR count). The Morgan fingerprint density at radius 1 is 1.32 bits per heavy atom. The lowest BCUT2D eigenvalue weighted by molar-refractivity contribution is 0.181. The number of rotatable bonds is 8. The molecule has 0 saturated carbocycles. The minimum Gasteiger partial charge on any atom is -0.381 e. The Bertz CT molecular complexity index is 514. The average molecular weight is 347 g/mol. The van der Waals surface area contributed by atoms with Crippen molar-refractivity contribution in [2.24, 2.45) is 10.9 Å². The Morgan fingerprint density at radius 2 is 2.08 bits per heavy atom. The second kappa shape index (κ2) is 10.4. The summed E-state index contributed by atoms with van der Waals surface area (Å²) in [4.78, 5) is 9.46. The van der Waals surface area contributed by atoms with E-state index >= 15 is 0 Å². The first-order chi connectivity index (χ1) is 12.1. The van der Waals surface area contributed by atoms with Crippen LogP contribution in [0.3, 0.4) is 0 Å². The first-order valence-electron chi connectivity index (χ1n) is 9.41. The highest BCUT2D eigenvalue weighted by molar-refractivity contribution is 5.79. The Balaban J connectivity index is 1.87. The van der Waals surface area contributed by atoms with Gasteiger partial charge in [0.1, 0.15) is 0 Å². The first kappa shape index (κ1) is 19.7. The van der Waals surface area contributed by atoms with Gasteiger partial charge in [-0.15, -0.1) is 0 Å². The number of aliphatic imine (C=N–C) groups is 1. The standard InChI is InChI=1S/C20H34N4O/c1-5-21-20(24(4)15-19-11-12-25-16-19)22-13-17(2)23(3)14-18-9-7-6-8-10-18/h6-10,17,19H,5,11-16H2,1-4H3,(H,21,22). The minimum atomic E-state index is 0.386. The molecule has 5 nitrogen and oxygen atoms in total. The van der Waals surface area contributed by atoms with Crippen molar-refractivity contribution in [3.8, 4) is 0 Å². The zero-order valence-corrected chi connectivity index (χ0v) is 16.2. The van der Waals surface area contributed by atoms with Crippen molar-refractivity contribution < 1.29 is 4.74 Å². The van der Waals surface area contributed by atoms with E-state index in [4.69, 9.17) is 9.73 Å². The Morgan fingerprint density at radius 3 is 2.72 bits per heavy atom. The van der Waals surface area contributed by atoms with Gasteiger partial charge in [0.05, 0.1) is 13.2 Å². The summed E-state index contributed by atoms with van der Waals surface area (Å²) >= 11 is 0. The number of benzene rings is 1. The van der Waals surface area contributed by atoms with Crippen LogP contribution in [0.15, 0.2) is 35.3 Å². The summed E-state index contributed by atoms with van der Waals surface area (Å²) in [5.74, 6) is 1.61. The molecule has 25 heavy (non-hydrogen) atoms. The molecule has 1 aliphatic heterocycles. The second-order valence-corrected chi connectivity index (χ2v) is 7.05. The molecule has 1 saturated heterocycles. The Kier molecular flexibility index (Phi) is 8.22. The van der Waals surface area contributed by atoms with Crippen molar-refractivity contribution in [2.45, 2.75) is 32.9 Å². The van der Waals surface area contributed by atoms with E-state index in [1.165, 1.54) is 5.56 Å². The van der Waals surface area contributed by atoms with Gasteiger partial charge in [-0.1, -0.05) is 30.3 Å². The van der Waals surface area contributed by atoms with Crippen molar-refractivity contribution in [1.29, 1.82) is 0 Å². The number of nitrogens with zero attached hydrogens (tertiary/aromatic N) is 3. The SMILES string of the molecule is CCNC(=NCC(C)N(C)Cc1ccccc1)N(C)CC1CCOC1. The third-order valence-electron chi connectivity index (χ3n) is 4.79. The monoisotopic (exact) mass is 346 g/mol. The molecular formula is C20H34N4O. The summed E-state index contributed by atoms with van der Waals surface area (Å²) in [6.07, 6.45) is 1.15. The van der Waals surface area contributed by atoms with Gasteiger partial charge in [-0.25, -0.2) is 0 Å². The van der Waals surface area contributed by atoms with Crippen LogP contribution in [0.4, 0.5) is 0 Å². The van der Waals surface area contributed by atoms with E-state index in [1.54, 1.807) is 0 Å². The first-order valence-corrected chi connectivity index (χ1v) is 9.41. The molecule has 2 unspecified atom stereocenters. The van der Waals surface area contributed by atoms with Crippen LogP contribution in [-0.4, -0.2) is 68.7 Å². The Labute approximate surface area is 153 Å². The molecule has 2 atom stereocenters. The van der Waals surface area contributed by atoms with Gasteiger partial charge >= 0.3 is 0 Å². The number of ether oxygens (including phenoxy) is 1. The summed E-state index contributed by atoms with van der Waals surface area (Å²) in [5.41, 5.74) is 1.34. The van der Waals surface area contributed by atoms with E-state index < -0.39 is 0 Å². The maximum atomic E-state index is 5.49. The molecular weight excluding hydrogens is 312 g/mol.